The van der Waals surface area contributed by atoms with Crippen molar-refractivity contribution in [1.82, 2.24) is 0 Å². The van der Waals surface area contributed by atoms with E-state index in [1.165, 1.54) is 43.7 Å². The van der Waals surface area contributed by atoms with Crippen LogP contribution in [-0.2, 0) is 4.79 Å². The zero-order chi connectivity index (χ0) is 15.4. The van der Waals surface area contributed by atoms with E-state index in [4.69, 9.17) is 4.74 Å². The number of nitro groups is 1. The fraction of sp³-hybridized carbons (Fsp3) is 0.0667. The van der Waals surface area contributed by atoms with Gasteiger partial charge in [0, 0.05) is 5.56 Å². The molecule has 0 saturated heterocycles. The third-order valence-corrected chi connectivity index (χ3v) is 2.91. The van der Waals surface area contributed by atoms with Crippen LogP contribution in [0.15, 0.2) is 42.5 Å². The molecule has 0 aliphatic rings. The Bertz CT molecular complexity index is 724. The van der Waals surface area contributed by atoms with E-state index in [-0.39, 0.29) is 16.7 Å². The number of carbonyl (C=O) groups is 1. The number of carbonyl (C=O) groups excluding carboxylic acids is 2. The van der Waals surface area contributed by atoms with Crippen LogP contribution in [0.1, 0.15) is 21.5 Å². The van der Waals surface area contributed by atoms with E-state index in [0.29, 0.717) is 5.75 Å². The van der Waals surface area contributed by atoms with E-state index in [1.54, 1.807) is 12.1 Å². The van der Waals surface area contributed by atoms with E-state index >= 15 is 0 Å². The molecule has 1 radical (unpaired) electrons. The maximum absolute atomic E-state index is 12.4. The number of hydrogen-bond donors (Lipinski definition) is 0. The normalized spacial score (nSPS) is 9.95. The summed E-state index contributed by atoms with van der Waals surface area (Å²) >= 11 is 0. The Morgan fingerprint density at radius 1 is 1.24 bits per heavy atom. The number of nitrogens with zero attached hydrogens (tertiary/aromatic N) is 1. The Hall–Kier alpha value is -3.02. The summed E-state index contributed by atoms with van der Waals surface area (Å²) in [4.78, 5) is 33.6. The second kappa shape index (κ2) is 5.96. The number of benzene rings is 2. The second-order valence-electron chi connectivity index (χ2n) is 4.12. The minimum atomic E-state index is -0.756. The van der Waals surface area contributed by atoms with Crippen molar-refractivity contribution < 1.29 is 19.2 Å². The molecule has 0 amide bonds. The van der Waals surface area contributed by atoms with E-state index < -0.39 is 16.4 Å². The van der Waals surface area contributed by atoms with Gasteiger partial charge in [0.2, 0.25) is 6.29 Å². The number of ketones is 1. The maximum atomic E-state index is 12.4. The summed E-state index contributed by atoms with van der Waals surface area (Å²) in [5.74, 6) is -0.0979. The molecule has 2 aromatic carbocycles. The van der Waals surface area contributed by atoms with Crippen molar-refractivity contribution in [1.29, 1.82) is 0 Å². The van der Waals surface area contributed by atoms with Crippen LogP contribution in [0.4, 0.5) is 5.69 Å². The molecule has 0 aromatic heterocycles. The lowest BCUT2D eigenvalue weighted by Crippen LogP contribution is -2.07. The summed E-state index contributed by atoms with van der Waals surface area (Å²) in [6, 6.07) is 10.2. The molecule has 0 saturated carbocycles. The number of hydrogen-bond acceptors (Lipinski definition) is 5. The third kappa shape index (κ3) is 2.79. The average molecular weight is 284 g/mol. The topological polar surface area (TPSA) is 86.5 Å². The number of methoxy groups -OCH3 is 1. The standard InChI is InChI=1S/C15H10NO5/c1-21-12-6-2-4-10(8-12)15(18)13-7-3-5-11(9-17)14(13)16(19)20/h2-8H,1H3. The molecular formula is C15H10NO5. The van der Waals surface area contributed by atoms with E-state index in [1.807, 2.05) is 0 Å². The average Bonchev–Trinajstić information content (AvgIpc) is 2.53. The van der Waals surface area contributed by atoms with Gasteiger partial charge in [-0.25, -0.2) is 0 Å². The first-order valence-corrected chi connectivity index (χ1v) is 5.92. The highest BCUT2D eigenvalue weighted by Gasteiger charge is 2.25. The molecule has 21 heavy (non-hydrogen) atoms. The van der Waals surface area contributed by atoms with Gasteiger partial charge >= 0.3 is 0 Å². The zero-order valence-corrected chi connectivity index (χ0v) is 11.0. The fourth-order valence-corrected chi connectivity index (χ4v) is 1.93. The second-order valence-corrected chi connectivity index (χ2v) is 4.12. The Morgan fingerprint density at radius 2 is 1.95 bits per heavy atom. The van der Waals surface area contributed by atoms with Crippen LogP contribution in [0, 0.1) is 10.1 Å². The molecule has 0 fully saturated rings. The van der Waals surface area contributed by atoms with Crippen LogP contribution in [0.2, 0.25) is 0 Å². The summed E-state index contributed by atoms with van der Waals surface area (Å²) in [5.41, 5.74) is -0.719. The molecule has 2 aromatic rings. The van der Waals surface area contributed by atoms with Crippen molar-refractivity contribution in [2.24, 2.45) is 0 Å². The van der Waals surface area contributed by atoms with Gasteiger partial charge in [0.05, 0.1) is 12.0 Å². The van der Waals surface area contributed by atoms with Gasteiger partial charge in [-0.05, 0) is 24.3 Å². The molecule has 0 aliphatic heterocycles. The minimum Gasteiger partial charge on any atom is -0.497 e. The summed E-state index contributed by atoms with van der Waals surface area (Å²) in [5, 5.41) is 11.1. The minimum absolute atomic E-state index is 0.158. The van der Waals surface area contributed by atoms with Crippen LogP contribution in [0.5, 0.6) is 5.75 Å². The van der Waals surface area contributed by atoms with Gasteiger partial charge in [-0.2, -0.15) is 0 Å². The lowest BCUT2D eigenvalue weighted by atomic mass is 9.99. The lowest BCUT2D eigenvalue weighted by Gasteiger charge is -2.05. The maximum Gasteiger partial charge on any atom is 0.291 e. The molecule has 0 bridgehead atoms. The van der Waals surface area contributed by atoms with Gasteiger partial charge < -0.3 is 4.74 Å². The van der Waals surface area contributed by atoms with Gasteiger partial charge in [0.25, 0.3) is 5.69 Å². The van der Waals surface area contributed by atoms with Crippen molar-refractivity contribution in [3.8, 4) is 5.75 Å². The largest absolute Gasteiger partial charge is 0.497 e. The van der Waals surface area contributed by atoms with Crippen molar-refractivity contribution >= 4 is 17.8 Å². The molecular weight excluding hydrogens is 274 g/mol. The molecule has 0 heterocycles. The van der Waals surface area contributed by atoms with Gasteiger partial charge in [0.1, 0.15) is 16.9 Å². The highest BCUT2D eigenvalue weighted by molar-refractivity contribution is 6.13. The Balaban J connectivity index is 2.57. The number of para-hydroxylation sites is 1. The number of rotatable bonds is 5. The van der Waals surface area contributed by atoms with Crippen LogP contribution >= 0.6 is 0 Å². The first-order valence-electron chi connectivity index (χ1n) is 5.92. The summed E-state index contributed by atoms with van der Waals surface area (Å²) < 4.78 is 5.02. The highest BCUT2D eigenvalue weighted by Crippen LogP contribution is 2.26. The molecule has 2 rings (SSSR count). The van der Waals surface area contributed by atoms with Crippen LogP contribution in [0.3, 0.4) is 0 Å². The van der Waals surface area contributed by atoms with Crippen molar-refractivity contribution in [2.75, 3.05) is 7.11 Å². The molecule has 6 nitrogen and oxygen atoms in total. The quantitative estimate of drug-likeness (QED) is 0.477. The van der Waals surface area contributed by atoms with Crippen LogP contribution in [0.25, 0.3) is 0 Å². The van der Waals surface area contributed by atoms with Gasteiger partial charge in [-0.1, -0.05) is 18.2 Å². The molecule has 0 unspecified atom stereocenters. The number of nitro benzene ring substituents is 1. The molecule has 105 valence electrons. The molecule has 0 N–H and O–H groups in total. The lowest BCUT2D eigenvalue weighted by molar-refractivity contribution is -0.385. The highest BCUT2D eigenvalue weighted by atomic mass is 16.6. The Labute approximate surface area is 120 Å². The van der Waals surface area contributed by atoms with Crippen molar-refractivity contribution in [3.05, 3.63) is 69.3 Å². The monoisotopic (exact) mass is 284 g/mol. The van der Waals surface area contributed by atoms with Crippen LogP contribution < -0.4 is 4.74 Å². The third-order valence-electron chi connectivity index (χ3n) is 2.91. The van der Waals surface area contributed by atoms with E-state index in [0.717, 1.165) is 0 Å². The Kier molecular flexibility index (Phi) is 4.08. The predicted molar refractivity (Wildman–Crippen MR) is 74.3 cm³/mol. The smallest absolute Gasteiger partial charge is 0.291 e. The van der Waals surface area contributed by atoms with Crippen molar-refractivity contribution in [2.45, 2.75) is 0 Å². The first-order chi connectivity index (χ1) is 10.1. The zero-order valence-electron chi connectivity index (χ0n) is 11.0. The number of ether oxygens (including phenoxy) is 1. The van der Waals surface area contributed by atoms with Gasteiger partial charge in [-0.3, -0.25) is 19.7 Å². The SMILES string of the molecule is COc1cccc(C(=O)c2cccc([C]=O)c2[N+](=O)[O-])c1. The predicted octanol–water partition coefficient (Wildman–Crippen LogP) is 2.29. The summed E-state index contributed by atoms with van der Waals surface area (Å²) in [6.45, 7) is 0. The summed E-state index contributed by atoms with van der Waals surface area (Å²) in [6.07, 6.45) is 1.48. The first kappa shape index (κ1) is 14.4. The Morgan fingerprint density at radius 3 is 2.57 bits per heavy atom. The van der Waals surface area contributed by atoms with E-state index in [9.17, 15) is 19.7 Å². The fourth-order valence-electron chi connectivity index (χ4n) is 1.93. The molecule has 0 atom stereocenters. The van der Waals surface area contributed by atoms with Crippen molar-refractivity contribution in [3.63, 3.8) is 0 Å². The molecule has 6 heteroatoms. The van der Waals surface area contributed by atoms with Gasteiger partial charge in [0.15, 0.2) is 5.78 Å². The van der Waals surface area contributed by atoms with E-state index in [2.05, 4.69) is 0 Å². The summed E-state index contributed by atoms with van der Waals surface area (Å²) in [7, 11) is 1.45. The van der Waals surface area contributed by atoms with Gasteiger partial charge in [-0.15, -0.1) is 0 Å². The molecule has 0 spiro atoms. The van der Waals surface area contributed by atoms with Crippen LogP contribution in [-0.4, -0.2) is 24.1 Å². The molecule has 0 aliphatic carbocycles.